The number of nitrogens with zero attached hydrogens (tertiary/aromatic N) is 2. The standard InChI is InChI=1S/C12H22N4O2.ClH/c1-8-9(2)15-16(10(8)3)6-4-5-14-12(18)11(13)7-17;/h11,17H,4-7,13H2,1-3H3,(H,14,18);1H/t11-;/m0./s1. The molecule has 110 valence electrons. The Bertz CT molecular complexity index is 420. The van der Waals surface area contributed by atoms with E-state index in [0.717, 1.165) is 24.4 Å². The van der Waals surface area contributed by atoms with E-state index in [-0.39, 0.29) is 24.9 Å². The van der Waals surface area contributed by atoms with Crippen LogP contribution in [0.5, 0.6) is 0 Å². The van der Waals surface area contributed by atoms with Crippen molar-refractivity contribution in [2.75, 3.05) is 13.2 Å². The average molecular weight is 291 g/mol. The summed E-state index contributed by atoms with van der Waals surface area (Å²) in [6.07, 6.45) is 0.783. The predicted octanol–water partition coefficient (Wildman–Crippen LogP) is 0.0561. The second-order valence-corrected chi connectivity index (χ2v) is 4.45. The van der Waals surface area contributed by atoms with Crippen LogP contribution in [0.3, 0.4) is 0 Å². The fraction of sp³-hybridized carbons (Fsp3) is 0.667. The molecule has 7 heteroatoms. The molecule has 19 heavy (non-hydrogen) atoms. The zero-order chi connectivity index (χ0) is 13.7. The van der Waals surface area contributed by atoms with Crippen LogP contribution in [-0.4, -0.2) is 40.0 Å². The van der Waals surface area contributed by atoms with Gasteiger partial charge in [0.25, 0.3) is 0 Å². The first kappa shape index (κ1) is 17.9. The van der Waals surface area contributed by atoms with Gasteiger partial charge in [-0.3, -0.25) is 9.48 Å². The van der Waals surface area contributed by atoms with Crippen molar-refractivity contribution in [1.29, 1.82) is 0 Å². The minimum atomic E-state index is -0.832. The summed E-state index contributed by atoms with van der Waals surface area (Å²) in [6.45, 7) is 7.04. The highest BCUT2D eigenvalue weighted by Gasteiger charge is 2.11. The van der Waals surface area contributed by atoms with Gasteiger partial charge in [0.2, 0.25) is 5.91 Å². The van der Waals surface area contributed by atoms with Crippen LogP contribution >= 0.6 is 12.4 Å². The molecule has 4 N–H and O–H groups in total. The molecular weight excluding hydrogens is 268 g/mol. The Labute approximate surface area is 119 Å². The summed E-state index contributed by atoms with van der Waals surface area (Å²) >= 11 is 0. The molecule has 0 aliphatic carbocycles. The number of nitrogens with two attached hydrogens (primary N) is 1. The molecule has 0 radical (unpaired) electrons. The maximum absolute atomic E-state index is 11.3. The molecule has 1 heterocycles. The Morgan fingerprint density at radius 1 is 1.47 bits per heavy atom. The molecule has 1 aromatic heterocycles. The van der Waals surface area contributed by atoms with Gasteiger partial charge in [0.1, 0.15) is 6.04 Å². The molecule has 0 saturated carbocycles. The molecule has 0 aliphatic heterocycles. The fourth-order valence-corrected chi connectivity index (χ4v) is 1.66. The Morgan fingerprint density at radius 3 is 2.58 bits per heavy atom. The third-order valence-electron chi connectivity index (χ3n) is 3.12. The van der Waals surface area contributed by atoms with Crippen LogP contribution < -0.4 is 11.1 Å². The van der Waals surface area contributed by atoms with E-state index in [2.05, 4.69) is 17.3 Å². The van der Waals surface area contributed by atoms with E-state index in [1.54, 1.807) is 0 Å². The number of aromatic nitrogens is 2. The van der Waals surface area contributed by atoms with Crippen molar-refractivity contribution in [2.24, 2.45) is 5.73 Å². The number of halogens is 1. The van der Waals surface area contributed by atoms with E-state index in [0.29, 0.717) is 6.54 Å². The second kappa shape index (κ2) is 8.14. The molecule has 6 nitrogen and oxygen atoms in total. The molecule has 0 aliphatic rings. The highest BCUT2D eigenvalue weighted by Crippen LogP contribution is 2.10. The van der Waals surface area contributed by atoms with E-state index in [9.17, 15) is 4.79 Å². The largest absolute Gasteiger partial charge is 0.394 e. The lowest BCUT2D eigenvalue weighted by atomic mass is 10.2. The average Bonchev–Trinajstić information content (AvgIpc) is 2.61. The monoisotopic (exact) mass is 290 g/mol. The number of hydrogen-bond acceptors (Lipinski definition) is 4. The molecule has 0 saturated heterocycles. The first-order chi connectivity index (χ1) is 8.47. The van der Waals surface area contributed by atoms with Gasteiger partial charge in [-0.15, -0.1) is 12.4 Å². The summed E-state index contributed by atoms with van der Waals surface area (Å²) < 4.78 is 1.95. The Kier molecular flexibility index (Phi) is 7.66. The Hall–Kier alpha value is -1.11. The number of rotatable bonds is 6. The molecule has 1 rings (SSSR count). The van der Waals surface area contributed by atoms with E-state index in [1.807, 2.05) is 18.5 Å². The van der Waals surface area contributed by atoms with Gasteiger partial charge in [-0.2, -0.15) is 5.10 Å². The van der Waals surface area contributed by atoms with Gasteiger partial charge in [-0.1, -0.05) is 0 Å². The van der Waals surface area contributed by atoms with Crippen molar-refractivity contribution in [1.82, 2.24) is 15.1 Å². The van der Waals surface area contributed by atoms with Crippen LogP contribution in [0.25, 0.3) is 0 Å². The third-order valence-corrected chi connectivity index (χ3v) is 3.12. The van der Waals surface area contributed by atoms with E-state index in [1.165, 1.54) is 5.56 Å². The molecule has 1 atom stereocenters. The smallest absolute Gasteiger partial charge is 0.239 e. The summed E-state index contributed by atoms with van der Waals surface area (Å²) in [5.74, 6) is -0.318. The van der Waals surface area contributed by atoms with Crippen LogP contribution in [0.4, 0.5) is 0 Å². The first-order valence-corrected chi connectivity index (χ1v) is 6.12. The van der Waals surface area contributed by atoms with Gasteiger partial charge in [0, 0.05) is 18.8 Å². The maximum Gasteiger partial charge on any atom is 0.239 e. The number of amides is 1. The lowest BCUT2D eigenvalue weighted by Gasteiger charge is -2.10. The fourth-order valence-electron chi connectivity index (χ4n) is 1.66. The van der Waals surface area contributed by atoms with Crippen molar-refractivity contribution < 1.29 is 9.90 Å². The van der Waals surface area contributed by atoms with Crippen molar-refractivity contribution in [3.8, 4) is 0 Å². The van der Waals surface area contributed by atoms with Gasteiger partial charge in [-0.25, -0.2) is 0 Å². The van der Waals surface area contributed by atoms with Gasteiger partial charge in [-0.05, 0) is 32.8 Å². The van der Waals surface area contributed by atoms with E-state index >= 15 is 0 Å². The Morgan fingerprint density at radius 2 is 2.11 bits per heavy atom. The number of nitrogens with one attached hydrogen (secondary N) is 1. The SMILES string of the molecule is Cc1nn(CCCNC(=O)[C@@H](N)CO)c(C)c1C.Cl. The summed E-state index contributed by atoms with van der Waals surface area (Å²) in [5, 5.41) is 15.8. The van der Waals surface area contributed by atoms with Crippen LogP contribution in [0.15, 0.2) is 0 Å². The van der Waals surface area contributed by atoms with Crippen molar-refractivity contribution in [3.63, 3.8) is 0 Å². The maximum atomic E-state index is 11.3. The number of carbonyl (C=O) groups is 1. The number of hydrogen-bond donors (Lipinski definition) is 3. The molecule has 0 fully saturated rings. The number of aliphatic hydroxyl groups is 1. The van der Waals surface area contributed by atoms with Crippen molar-refractivity contribution in [3.05, 3.63) is 17.0 Å². The van der Waals surface area contributed by atoms with Crippen LogP contribution in [0.1, 0.15) is 23.4 Å². The minimum absolute atomic E-state index is 0. The highest BCUT2D eigenvalue weighted by atomic mass is 35.5. The van der Waals surface area contributed by atoms with Gasteiger partial charge in [0.15, 0.2) is 0 Å². The van der Waals surface area contributed by atoms with Crippen LogP contribution in [0.2, 0.25) is 0 Å². The van der Waals surface area contributed by atoms with Crippen molar-refractivity contribution in [2.45, 2.75) is 39.8 Å². The topological polar surface area (TPSA) is 93.2 Å². The zero-order valence-electron chi connectivity index (χ0n) is 11.6. The highest BCUT2D eigenvalue weighted by molar-refractivity contribution is 5.85. The molecule has 0 bridgehead atoms. The predicted molar refractivity (Wildman–Crippen MR) is 76.4 cm³/mol. The lowest BCUT2D eigenvalue weighted by molar-refractivity contribution is -0.123. The quantitative estimate of drug-likeness (QED) is 0.646. The number of carbonyl (C=O) groups excluding carboxylic acids is 1. The lowest BCUT2D eigenvalue weighted by Crippen LogP contribution is -2.43. The molecule has 0 aromatic carbocycles. The second-order valence-electron chi connectivity index (χ2n) is 4.45. The van der Waals surface area contributed by atoms with E-state index in [4.69, 9.17) is 10.8 Å². The van der Waals surface area contributed by atoms with Gasteiger partial charge < -0.3 is 16.2 Å². The molecular formula is C12H23ClN4O2. The van der Waals surface area contributed by atoms with Gasteiger partial charge >= 0.3 is 0 Å². The molecule has 0 unspecified atom stereocenters. The normalized spacial score (nSPS) is 11.8. The third kappa shape index (κ3) is 4.81. The summed E-state index contributed by atoms with van der Waals surface area (Å²) in [6, 6.07) is -0.832. The van der Waals surface area contributed by atoms with Crippen molar-refractivity contribution >= 4 is 18.3 Å². The molecule has 0 spiro atoms. The zero-order valence-corrected chi connectivity index (χ0v) is 12.5. The van der Waals surface area contributed by atoms with E-state index < -0.39 is 6.04 Å². The van der Waals surface area contributed by atoms with Gasteiger partial charge in [0.05, 0.1) is 12.3 Å². The minimum Gasteiger partial charge on any atom is -0.394 e. The molecule has 1 aromatic rings. The number of aliphatic hydroxyl groups excluding tert-OH is 1. The van der Waals surface area contributed by atoms with Crippen LogP contribution in [0, 0.1) is 20.8 Å². The summed E-state index contributed by atoms with van der Waals surface area (Å²) in [4.78, 5) is 11.3. The van der Waals surface area contributed by atoms with Crippen LogP contribution in [-0.2, 0) is 11.3 Å². The number of aryl methyl sites for hydroxylation is 2. The molecule has 1 amide bonds. The first-order valence-electron chi connectivity index (χ1n) is 6.12. The Balaban J connectivity index is 0.00000324. The summed E-state index contributed by atoms with van der Waals surface area (Å²) in [7, 11) is 0. The summed E-state index contributed by atoms with van der Waals surface area (Å²) in [5.41, 5.74) is 8.79.